The molecule has 0 aromatic heterocycles. The topological polar surface area (TPSA) is 38.8 Å². The van der Waals surface area contributed by atoms with Crippen LogP contribution in [0.25, 0.3) is 21.9 Å². The van der Waals surface area contributed by atoms with E-state index in [1.165, 1.54) is 17.7 Å². The van der Waals surface area contributed by atoms with Crippen molar-refractivity contribution in [3.8, 4) is 22.6 Å². The van der Waals surface area contributed by atoms with E-state index in [0.29, 0.717) is 56.7 Å². The first-order chi connectivity index (χ1) is 24.6. The van der Waals surface area contributed by atoms with Gasteiger partial charge >= 0.3 is 18.3 Å². The number of rotatable bonds is 2. The van der Waals surface area contributed by atoms with Gasteiger partial charge in [0.1, 0.15) is 11.5 Å². The molecular weight excluding hydrogens is 680 g/mol. The first-order valence-electron chi connectivity index (χ1n) is 16.5. The summed E-state index contributed by atoms with van der Waals surface area (Å²) in [6.07, 6.45) is -9.98. The Kier molecular flexibility index (Phi) is 6.57. The number of alkyl halides is 6. The number of halogens is 6. The zero-order valence-corrected chi connectivity index (χ0v) is 27.6. The predicted octanol–water partition coefficient (Wildman–Crippen LogP) is 11.5. The van der Waals surface area contributed by atoms with Crippen LogP contribution in [0.5, 0.6) is 11.5 Å². The fraction of sp³-hybridized carbons (Fsp3) is 0.167. The van der Waals surface area contributed by atoms with E-state index in [2.05, 4.69) is 30.9 Å². The van der Waals surface area contributed by atoms with Gasteiger partial charge < -0.3 is 14.4 Å². The van der Waals surface area contributed by atoms with Gasteiger partial charge in [0.15, 0.2) is 5.60 Å². The number of fused-ring (bicyclic) bond motifs is 9. The zero-order chi connectivity index (χ0) is 36.4. The molecule has 0 amide bonds. The third kappa shape index (κ3) is 4.66. The molecule has 6 aromatic carbocycles. The van der Waals surface area contributed by atoms with Crippen molar-refractivity contribution in [1.29, 1.82) is 0 Å². The lowest BCUT2D eigenvalue weighted by Gasteiger charge is -2.38. The SMILES string of the molecule is CC1(C)CN(c2ccc3c(c2)Oc2ccc4cc(-c5cc(C(F)(F)F)cc(C(F)(F)F)c5)ccc4c2C32OC(=O)c3ccccc32)c2ccccc21. The van der Waals surface area contributed by atoms with Gasteiger partial charge in [-0.25, -0.2) is 4.79 Å². The number of hydrogen-bond acceptors (Lipinski definition) is 4. The summed E-state index contributed by atoms with van der Waals surface area (Å²) in [4.78, 5) is 15.8. The Balaban J connectivity index is 1.23. The first-order valence-corrected chi connectivity index (χ1v) is 16.5. The van der Waals surface area contributed by atoms with Crippen molar-refractivity contribution in [1.82, 2.24) is 0 Å². The van der Waals surface area contributed by atoms with Crippen LogP contribution in [0.2, 0.25) is 0 Å². The highest BCUT2D eigenvalue weighted by Gasteiger charge is 2.54. The highest BCUT2D eigenvalue weighted by atomic mass is 19.4. The van der Waals surface area contributed by atoms with Crippen LogP contribution in [0.3, 0.4) is 0 Å². The fourth-order valence-corrected chi connectivity index (χ4v) is 8.05. The molecule has 0 saturated heterocycles. The molecule has 1 unspecified atom stereocenters. The predicted molar refractivity (Wildman–Crippen MR) is 184 cm³/mol. The van der Waals surface area contributed by atoms with Crippen LogP contribution in [-0.2, 0) is 28.1 Å². The number of esters is 1. The van der Waals surface area contributed by atoms with E-state index < -0.39 is 35.0 Å². The molecular formula is C42H27F6NO3. The van der Waals surface area contributed by atoms with Crippen molar-refractivity contribution in [2.45, 2.75) is 37.2 Å². The van der Waals surface area contributed by atoms with Crippen LogP contribution < -0.4 is 9.64 Å². The van der Waals surface area contributed by atoms with Crippen LogP contribution in [0.15, 0.2) is 115 Å². The van der Waals surface area contributed by atoms with Crippen molar-refractivity contribution in [2.24, 2.45) is 0 Å². The van der Waals surface area contributed by atoms with Crippen LogP contribution in [0, 0.1) is 0 Å². The second-order valence-electron chi connectivity index (χ2n) is 14.1. The van der Waals surface area contributed by atoms with Gasteiger partial charge in [-0.05, 0) is 82.1 Å². The standard InChI is InChI=1S/C42H27F6NO3/c1-39(2)22-49(34-10-6-5-9-32(34)39)28-13-15-33-36(21-28)51-35-16-12-24-17-23(25-18-26(41(43,44)45)20-27(19-25)42(46,47)48)11-14-29(24)37(35)40(33)31-8-4-3-7-30(31)38(50)52-40/h3-21H,22H2,1-2H3. The molecule has 0 bridgehead atoms. The monoisotopic (exact) mass is 707 g/mol. The quantitative estimate of drug-likeness (QED) is 0.133. The molecule has 1 spiro atoms. The Morgan fingerprint density at radius 2 is 1.35 bits per heavy atom. The summed E-state index contributed by atoms with van der Waals surface area (Å²) in [6.45, 7) is 5.12. The average molecular weight is 708 g/mol. The fourth-order valence-electron chi connectivity index (χ4n) is 8.05. The second-order valence-corrected chi connectivity index (χ2v) is 14.1. The van der Waals surface area contributed by atoms with Crippen molar-refractivity contribution in [3.63, 3.8) is 0 Å². The number of carbonyl (C=O) groups excluding carboxylic acids is 1. The Morgan fingerprint density at radius 1 is 0.654 bits per heavy atom. The molecule has 9 rings (SSSR count). The van der Waals surface area contributed by atoms with Gasteiger partial charge in [0.05, 0.1) is 22.3 Å². The van der Waals surface area contributed by atoms with Gasteiger partial charge in [-0.1, -0.05) is 68.4 Å². The maximum atomic E-state index is 13.7. The van der Waals surface area contributed by atoms with Gasteiger partial charge in [-0.3, -0.25) is 0 Å². The zero-order valence-electron chi connectivity index (χ0n) is 27.6. The third-order valence-electron chi connectivity index (χ3n) is 10.4. The van der Waals surface area contributed by atoms with Gasteiger partial charge in [0.2, 0.25) is 0 Å². The van der Waals surface area contributed by atoms with Crippen LogP contribution in [0.1, 0.15) is 57.6 Å². The van der Waals surface area contributed by atoms with Gasteiger partial charge in [0, 0.05) is 40.5 Å². The Hall–Kier alpha value is -5.77. The molecule has 52 heavy (non-hydrogen) atoms. The van der Waals surface area contributed by atoms with Crippen molar-refractivity contribution in [3.05, 3.63) is 154 Å². The molecule has 0 aliphatic carbocycles. The van der Waals surface area contributed by atoms with E-state index >= 15 is 0 Å². The Morgan fingerprint density at radius 3 is 2.08 bits per heavy atom. The molecule has 3 aliphatic heterocycles. The van der Waals surface area contributed by atoms with Crippen molar-refractivity contribution < 1.29 is 40.6 Å². The first kappa shape index (κ1) is 32.2. The van der Waals surface area contributed by atoms with Crippen molar-refractivity contribution in [2.75, 3.05) is 11.4 Å². The lowest BCUT2D eigenvalue weighted by Crippen LogP contribution is -2.33. The van der Waals surface area contributed by atoms with Gasteiger partial charge in [0.25, 0.3) is 0 Å². The molecule has 4 nitrogen and oxygen atoms in total. The number of carbonyl (C=O) groups is 1. The number of hydrogen-bond donors (Lipinski definition) is 0. The van der Waals surface area contributed by atoms with E-state index in [0.717, 1.165) is 17.9 Å². The molecule has 260 valence electrons. The summed E-state index contributed by atoms with van der Waals surface area (Å²) in [5, 5.41) is 1.06. The normalized spacial score (nSPS) is 18.5. The maximum absolute atomic E-state index is 13.7. The second kappa shape index (κ2) is 10.6. The minimum absolute atomic E-state index is 0.110. The minimum Gasteiger partial charge on any atom is -0.456 e. The smallest absolute Gasteiger partial charge is 0.416 e. The van der Waals surface area contributed by atoms with E-state index in [-0.39, 0.29) is 22.6 Å². The van der Waals surface area contributed by atoms with Gasteiger partial charge in [-0.15, -0.1) is 0 Å². The molecule has 10 heteroatoms. The molecule has 0 saturated carbocycles. The van der Waals surface area contributed by atoms with E-state index in [4.69, 9.17) is 9.47 Å². The molecule has 3 aliphatic rings. The van der Waals surface area contributed by atoms with Crippen molar-refractivity contribution >= 4 is 28.1 Å². The molecule has 1 atom stereocenters. The average Bonchev–Trinajstić information content (AvgIpc) is 3.56. The Bertz CT molecular complexity index is 2470. The molecule has 0 fully saturated rings. The van der Waals surface area contributed by atoms with Crippen LogP contribution in [0.4, 0.5) is 37.7 Å². The molecule has 3 heterocycles. The summed E-state index contributed by atoms with van der Waals surface area (Å²) >= 11 is 0. The maximum Gasteiger partial charge on any atom is 0.416 e. The number of nitrogens with zero attached hydrogens (tertiary/aromatic N) is 1. The lowest BCUT2D eigenvalue weighted by atomic mass is 9.75. The van der Waals surface area contributed by atoms with E-state index in [1.807, 2.05) is 42.5 Å². The number of anilines is 2. The highest BCUT2D eigenvalue weighted by molar-refractivity contribution is 6.00. The van der Waals surface area contributed by atoms with Crippen LogP contribution in [-0.4, -0.2) is 12.5 Å². The lowest BCUT2D eigenvalue weighted by molar-refractivity contribution is -0.143. The molecule has 0 radical (unpaired) electrons. The summed E-state index contributed by atoms with van der Waals surface area (Å²) in [6, 6.07) is 30.7. The van der Waals surface area contributed by atoms with Gasteiger partial charge in [-0.2, -0.15) is 26.3 Å². The summed E-state index contributed by atoms with van der Waals surface area (Å²) in [7, 11) is 0. The van der Waals surface area contributed by atoms with E-state index in [1.54, 1.807) is 30.3 Å². The molecule has 0 N–H and O–H groups in total. The summed E-state index contributed by atoms with van der Waals surface area (Å²) in [5.41, 5.74) is 0.780. The Labute approximate surface area is 293 Å². The minimum atomic E-state index is -4.99. The third-order valence-corrected chi connectivity index (χ3v) is 10.4. The number of para-hydroxylation sites is 1. The van der Waals surface area contributed by atoms with Crippen LogP contribution >= 0.6 is 0 Å². The summed E-state index contributed by atoms with van der Waals surface area (Å²) in [5.74, 6) is 0.345. The number of ether oxygens (including phenoxy) is 2. The summed E-state index contributed by atoms with van der Waals surface area (Å²) < 4.78 is 95.4. The van der Waals surface area contributed by atoms with E-state index in [9.17, 15) is 31.1 Å². The highest BCUT2D eigenvalue weighted by Crippen LogP contribution is 2.59. The largest absolute Gasteiger partial charge is 0.456 e. The molecule has 6 aromatic rings. The number of benzene rings is 6.